The molecule has 40 heavy (non-hydrogen) atoms. The Hall–Kier alpha value is -4.06. The monoisotopic (exact) mass is 549 g/mol. The van der Waals surface area contributed by atoms with Gasteiger partial charge in [-0.25, -0.2) is 0 Å². The van der Waals surface area contributed by atoms with Crippen molar-refractivity contribution in [2.45, 2.75) is 72.3 Å². The number of ether oxygens (including phenoxy) is 2. The summed E-state index contributed by atoms with van der Waals surface area (Å²) in [6.45, 7) is 8.32. The topological polar surface area (TPSA) is 138 Å². The zero-order valence-corrected chi connectivity index (χ0v) is 23.9. The van der Waals surface area contributed by atoms with E-state index >= 15 is 0 Å². The number of aliphatic carboxylic acids is 1. The molecule has 214 valence electrons. The molecule has 0 aliphatic heterocycles. The SMILES string of the molecule is CCC(CC)CNC(=O)c1ccc(C)cc1NC(=O)c1cc(OC2CCC(C)(C(=O)O)CC2)c(C#N)cc1OC. The van der Waals surface area contributed by atoms with Gasteiger partial charge < -0.3 is 25.2 Å². The number of carbonyl (C=O) groups is 3. The normalized spacial score (nSPS) is 18.5. The van der Waals surface area contributed by atoms with Crippen LogP contribution in [0.15, 0.2) is 30.3 Å². The Morgan fingerprint density at radius 1 is 1.07 bits per heavy atom. The lowest BCUT2D eigenvalue weighted by molar-refractivity contribution is -0.150. The number of amides is 2. The Morgan fingerprint density at radius 2 is 1.75 bits per heavy atom. The van der Waals surface area contributed by atoms with E-state index in [-0.39, 0.29) is 34.6 Å². The van der Waals surface area contributed by atoms with Crippen LogP contribution in [0, 0.1) is 29.6 Å². The van der Waals surface area contributed by atoms with Crippen LogP contribution in [0.1, 0.15) is 91.1 Å². The van der Waals surface area contributed by atoms with Gasteiger partial charge in [-0.3, -0.25) is 14.4 Å². The minimum Gasteiger partial charge on any atom is -0.496 e. The molecule has 3 N–H and O–H groups in total. The standard InChI is InChI=1S/C31H39N3O6/c1-6-20(7-2)18-33-28(35)23-9-8-19(3)14-25(23)34-29(36)24-16-26(21(17-32)15-27(24)39-5)40-22-10-12-31(4,13-11-22)30(37)38/h8-9,14-16,20,22H,6-7,10-13,18H2,1-5H3,(H,33,35)(H,34,36)(H,37,38). The van der Waals surface area contributed by atoms with Gasteiger partial charge in [0.05, 0.1) is 41.0 Å². The van der Waals surface area contributed by atoms with Gasteiger partial charge >= 0.3 is 5.97 Å². The molecule has 9 heteroatoms. The van der Waals surface area contributed by atoms with E-state index in [0.717, 1.165) is 18.4 Å². The lowest BCUT2D eigenvalue weighted by Crippen LogP contribution is -2.36. The molecule has 3 rings (SSSR count). The molecule has 1 aliphatic carbocycles. The lowest BCUT2D eigenvalue weighted by Gasteiger charge is -2.34. The Bertz CT molecular complexity index is 1290. The zero-order valence-electron chi connectivity index (χ0n) is 23.9. The summed E-state index contributed by atoms with van der Waals surface area (Å²) in [5.74, 6) is -0.833. The fourth-order valence-corrected chi connectivity index (χ4v) is 4.89. The average molecular weight is 550 g/mol. The van der Waals surface area contributed by atoms with Crippen LogP contribution in [0.4, 0.5) is 5.69 Å². The lowest BCUT2D eigenvalue weighted by atomic mass is 9.75. The summed E-state index contributed by atoms with van der Waals surface area (Å²) in [4.78, 5) is 38.1. The van der Waals surface area contributed by atoms with Gasteiger partial charge in [-0.2, -0.15) is 5.26 Å². The number of carboxylic acids is 1. The number of nitriles is 1. The third-order valence-corrected chi connectivity index (χ3v) is 7.89. The molecule has 9 nitrogen and oxygen atoms in total. The van der Waals surface area contributed by atoms with E-state index in [0.29, 0.717) is 49.4 Å². The Balaban J connectivity index is 1.85. The Kier molecular flexibility index (Phi) is 10.2. The summed E-state index contributed by atoms with van der Waals surface area (Å²) in [6.07, 6.45) is 3.56. The number of nitrogens with one attached hydrogen (secondary N) is 2. The van der Waals surface area contributed by atoms with E-state index in [1.807, 2.05) is 13.0 Å². The van der Waals surface area contributed by atoms with E-state index in [4.69, 9.17) is 9.47 Å². The summed E-state index contributed by atoms with van der Waals surface area (Å²) in [5.41, 5.74) is 1.13. The number of hydrogen-bond donors (Lipinski definition) is 3. The maximum Gasteiger partial charge on any atom is 0.309 e. The first kappa shape index (κ1) is 30.5. The third-order valence-electron chi connectivity index (χ3n) is 7.89. The van der Waals surface area contributed by atoms with Gasteiger partial charge in [-0.05, 0) is 69.2 Å². The highest BCUT2D eigenvalue weighted by molar-refractivity contribution is 6.10. The number of rotatable bonds is 11. The molecule has 2 amide bonds. The van der Waals surface area contributed by atoms with E-state index < -0.39 is 17.3 Å². The molecule has 1 saturated carbocycles. The molecule has 2 aromatic rings. The van der Waals surface area contributed by atoms with Crippen LogP contribution in [-0.2, 0) is 4.79 Å². The average Bonchev–Trinajstić information content (AvgIpc) is 2.94. The van der Waals surface area contributed by atoms with Crippen LogP contribution in [-0.4, -0.2) is 42.6 Å². The van der Waals surface area contributed by atoms with Gasteiger partial charge in [0.15, 0.2) is 0 Å². The van der Waals surface area contributed by atoms with Crippen LogP contribution in [0.5, 0.6) is 11.5 Å². The molecular weight excluding hydrogens is 510 g/mol. The van der Waals surface area contributed by atoms with Crippen LogP contribution in [0.25, 0.3) is 0 Å². The van der Waals surface area contributed by atoms with Crippen molar-refractivity contribution in [3.63, 3.8) is 0 Å². The maximum atomic E-state index is 13.5. The van der Waals surface area contributed by atoms with Crippen LogP contribution >= 0.6 is 0 Å². The van der Waals surface area contributed by atoms with Crippen molar-refractivity contribution < 1.29 is 29.0 Å². The smallest absolute Gasteiger partial charge is 0.309 e. The molecular formula is C31H39N3O6. The molecule has 0 atom stereocenters. The molecule has 1 aliphatic rings. The van der Waals surface area contributed by atoms with Crippen molar-refractivity contribution in [2.75, 3.05) is 19.0 Å². The number of carbonyl (C=O) groups excluding carboxylic acids is 2. The summed E-state index contributed by atoms with van der Waals surface area (Å²) in [7, 11) is 1.41. The fraction of sp³-hybridized carbons (Fsp3) is 0.484. The second kappa shape index (κ2) is 13.3. The summed E-state index contributed by atoms with van der Waals surface area (Å²) >= 11 is 0. The van der Waals surface area contributed by atoms with Gasteiger partial charge in [0.25, 0.3) is 11.8 Å². The predicted molar refractivity (Wildman–Crippen MR) is 152 cm³/mol. The van der Waals surface area contributed by atoms with E-state index in [1.165, 1.54) is 19.2 Å². The summed E-state index contributed by atoms with van der Waals surface area (Å²) in [5, 5.41) is 25.1. The minimum absolute atomic E-state index is 0.146. The van der Waals surface area contributed by atoms with Crippen molar-refractivity contribution in [3.8, 4) is 17.6 Å². The number of hydrogen-bond acceptors (Lipinski definition) is 6. The van der Waals surface area contributed by atoms with Crippen molar-refractivity contribution >= 4 is 23.5 Å². The molecule has 0 radical (unpaired) electrons. The second-order valence-electron chi connectivity index (χ2n) is 10.7. The summed E-state index contributed by atoms with van der Waals surface area (Å²) in [6, 6.07) is 10.3. The molecule has 0 aromatic heterocycles. The van der Waals surface area contributed by atoms with Crippen LogP contribution < -0.4 is 20.1 Å². The van der Waals surface area contributed by atoms with Crippen LogP contribution in [0.3, 0.4) is 0 Å². The van der Waals surface area contributed by atoms with Crippen molar-refractivity contribution in [1.82, 2.24) is 5.32 Å². The van der Waals surface area contributed by atoms with Gasteiger partial charge in [-0.1, -0.05) is 32.8 Å². The largest absolute Gasteiger partial charge is 0.496 e. The first-order chi connectivity index (χ1) is 19.0. The highest BCUT2D eigenvalue weighted by Crippen LogP contribution is 2.39. The van der Waals surface area contributed by atoms with E-state index in [2.05, 4.69) is 30.6 Å². The third kappa shape index (κ3) is 7.12. The molecule has 1 fully saturated rings. The molecule has 0 bridgehead atoms. The fourth-order valence-electron chi connectivity index (χ4n) is 4.89. The van der Waals surface area contributed by atoms with E-state index in [1.54, 1.807) is 19.1 Å². The van der Waals surface area contributed by atoms with Crippen LogP contribution in [0.2, 0.25) is 0 Å². The molecule has 0 unspecified atom stereocenters. The number of methoxy groups -OCH3 is 1. The number of carboxylic acid groups (broad SMARTS) is 1. The minimum atomic E-state index is -0.827. The number of anilines is 1. The number of nitrogens with zero attached hydrogens (tertiary/aromatic N) is 1. The van der Waals surface area contributed by atoms with E-state index in [9.17, 15) is 24.8 Å². The van der Waals surface area contributed by atoms with Gasteiger partial charge in [0.1, 0.15) is 17.6 Å². The molecule has 2 aromatic carbocycles. The summed E-state index contributed by atoms with van der Waals surface area (Å²) < 4.78 is 11.6. The van der Waals surface area contributed by atoms with Crippen molar-refractivity contribution in [3.05, 3.63) is 52.6 Å². The van der Waals surface area contributed by atoms with Gasteiger partial charge in [0, 0.05) is 12.6 Å². The second-order valence-corrected chi connectivity index (χ2v) is 10.7. The highest BCUT2D eigenvalue weighted by Gasteiger charge is 2.38. The first-order valence-electron chi connectivity index (χ1n) is 13.8. The number of benzene rings is 2. The molecule has 0 saturated heterocycles. The predicted octanol–water partition coefficient (Wildman–Crippen LogP) is 5.71. The number of aryl methyl sites for hydroxylation is 1. The van der Waals surface area contributed by atoms with Crippen molar-refractivity contribution in [1.29, 1.82) is 5.26 Å². The van der Waals surface area contributed by atoms with Crippen molar-refractivity contribution in [2.24, 2.45) is 11.3 Å². The molecule has 0 heterocycles. The highest BCUT2D eigenvalue weighted by atomic mass is 16.5. The first-order valence-corrected chi connectivity index (χ1v) is 13.8. The Morgan fingerprint density at radius 3 is 2.33 bits per heavy atom. The Labute approximate surface area is 235 Å². The van der Waals surface area contributed by atoms with Gasteiger partial charge in [0.2, 0.25) is 0 Å². The maximum absolute atomic E-state index is 13.5. The quantitative estimate of drug-likeness (QED) is 0.327. The molecule has 0 spiro atoms. The van der Waals surface area contributed by atoms with Gasteiger partial charge in [-0.15, -0.1) is 0 Å². The zero-order chi connectivity index (χ0) is 29.4.